The van der Waals surface area contributed by atoms with Crippen molar-refractivity contribution in [3.8, 4) is 22.3 Å². The van der Waals surface area contributed by atoms with Gasteiger partial charge in [-0.3, -0.25) is 13.8 Å². The summed E-state index contributed by atoms with van der Waals surface area (Å²) in [7, 11) is 0. The summed E-state index contributed by atoms with van der Waals surface area (Å²) in [6, 6.07) is 28.6. The van der Waals surface area contributed by atoms with E-state index in [9.17, 15) is 0 Å². The fraction of sp³-hybridized carbons (Fsp3) is 0.0312. The molecular formula is C32H25Br2N7. The molecule has 0 fully saturated rings. The number of nitrogens with two attached hydrogens (primary N) is 1. The summed E-state index contributed by atoms with van der Waals surface area (Å²) in [5, 5.41) is 3.50. The van der Waals surface area contributed by atoms with Gasteiger partial charge in [0.15, 0.2) is 11.3 Å². The number of anilines is 2. The van der Waals surface area contributed by atoms with Crippen molar-refractivity contribution in [2.75, 3.05) is 11.1 Å². The molecule has 0 amide bonds. The highest BCUT2D eigenvalue weighted by atomic mass is 79.9. The SMILES string of the molecule is Brc1cnc2c(NCc3ccncc3)cc(-c3ccccc3)cn12.Nc1cc(-c2ccccc2)cn2c(Br)cnc12. The molecule has 5 aromatic heterocycles. The molecule has 0 radical (unpaired) electrons. The molecule has 202 valence electrons. The normalized spacial score (nSPS) is 10.9. The molecule has 0 saturated carbocycles. The Hall–Kier alpha value is -4.47. The first-order valence-electron chi connectivity index (χ1n) is 12.9. The van der Waals surface area contributed by atoms with Crippen LogP contribution < -0.4 is 11.1 Å². The van der Waals surface area contributed by atoms with Gasteiger partial charge in [-0.1, -0.05) is 60.7 Å². The summed E-state index contributed by atoms with van der Waals surface area (Å²) >= 11 is 7.02. The Bertz CT molecular complexity index is 1920. The number of pyridine rings is 3. The van der Waals surface area contributed by atoms with Crippen LogP contribution in [0.2, 0.25) is 0 Å². The quantitative estimate of drug-likeness (QED) is 0.194. The zero-order valence-corrected chi connectivity index (χ0v) is 25.0. The Morgan fingerprint density at radius 3 is 1.80 bits per heavy atom. The van der Waals surface area contributed by atoms with E-state index in [1.165, 1.54) is 11.1 Å². The second-order valence-electron chi connectivity index (χ2n) is 9.32. The van der Waals surface area contributed by atoms with Gasteiger partial charge in [-0.15, -0.1) is 0 Å². The molecular weight excluding hydrogens is 642 g/mol. The summed E-state index contributed by atoms with van der Waals surface area (Å²) in [5.41, 5.74) is 15.1. The standard InChI is InChI=1S/C19H15BrN4.C13H10BrN3/c20-18-12-23-19-17(22-11-14-6-8-21-9-7-14)10-16(13-24(18)19)15-4-2-1-3-5-15;14-12-7-16-13-11(15)6-10(8-17(12)13)9-4-2-1-3-5-9/h1-10,12-13,22H,11H2;1-8H,15H2. The van der Waals surface area contributed by atoms with Crippen molar-refractivity contribution in [3.05, 3.63) is 137 Å². The summed E-state index contributed by atoms with van der Waals surface area (Å²) in [4.78, 5) is 12.8. The Morgan fingerprint density at radius 1 is 0.659 bits per heavy atom. The summed E-state index contributed by atoms with van der Waals surface area (Å²) in [6.07, 6.45) is 11.3. The predicted octanol–water partition coefficient (Wildman–Crippen LogP) is 8.12. The second kappa shape index (κ2) is 12.0. The van der Waals surface area contributed by atoms with Gasteiger partial charge in [0, 0.05) is 42.5 Å². The molecule has 9 heteroatoms. The van der Waals surface area contributed by atoms with E-state index in [1.807, 2.05) is 71.4 Å². The number of fused-ring (bicyclic) bond motifs is 2. The largest absolute Gasteiger partial charge is 0.396 e. The number of halogens is 2. The van der Waals surface area contributed by atoms with Crippen molar-refractivity contribution < 1.29 is 0 Å². The third-order valence-corrected chi connectivity index (χ3v) is 7.77. The number of benzene rings is 2. The second-order valence-corrected chi connectivity index (χ2v) is 10.9. The minimum absolute atomic E-state index is 0.678. The van der Waals surface area contributed by atoms with E-state index < -0.39 is 0 Å². The van der Waals surface area contributed by atoms with Gasteiger partial charge in [0.05, 0.1) is 23.8 Å². The molecule has 7 rings (SSSR count). The first kappa shape index (κ1) is 26.7. The average Bonchev–Trinajstić information content (AvgIpc) is 3.60. The lowest BCUT2D eigenvalue weighted by Gasteiger charge is -2.11. The number of imidazole rings is 2. The molecule has 0 atom stereocenters. The van der Waals surface area contributed by atoms with Crippen molar-refractivity contribution in [1.29, 1.82) is 0 Å². The smallest absolute Gasteiger partial charge is 0.161 e. The Labute approximate surface area is 254 Å². The molecule has 0 aliphatic rings. The monoisotopic (exact) mass is 665 g/mol. The van der Waals surface area contributed by atoms with Crippen LogP contribution >= 0.6 is 31.9 Å². The van der Waals surface area contributed by atoms with Gasteiger partial charge in [-0.2, -0.15) is 0 Å². The Morgan fingerprint density at radius 2 is 1.20 bits per heavy atom. The topological polar surface area (TPSA) is 85.5 Å². The average molecular weight is 667 g/mol. The van der Waals surface area contributed by atoms with Crippen LogP contribution in [0.15, 0.2) is 131 Å². The van der Waals surface area contributed by atoms with Crippen LogP contribution in [0.3, 0.4) is 0 Å². The van der Waals surface area contributed by atoms with Crippen LogP contribution in [0.5, 0.6) is 0 Å². The fourth-order valence-corrected chi connectivity index (χ4v) is 5.29. The van der Waals surface area contributed by atoms with E-state index in [4.69, 9.17) is 5.73 Å². The first-order valence-corrected chi connectivity index (χ1v) is 14.5. The zero-order valence-electron chi connectivity index (χ0n) is 21.8. The molecule has 3 N–H and O–H groups in total. The lowest BCUT2D eigenvalue weighted by molar-refractivity contribution is 1.10. The van der Waals surface area contributed by atoms with E-state index in [0.717, 1.165) is 49.4 Å². The van der Waals surface area contributed by atoms with Crippen LogP contribution in [0.4, 0.5) is 11.4 Å². The molecule has 0 aliphatic heterocycles. The van der Waals surface area contributed by atoms with Crippen molar-refractivity contribution in [2.45, 2.75) is 6.54 Å². The van der Waals surface area contributed by atoms with Gasteiger partial charge in [0.2, 0.25) is 0 Å². The summed E-state index contributed by atoms with van der Waals surface area (Å²) in [6.45, 7) is 0.723. The zero-order chi connectivity index (χ0) is 28.2. The van der Waals surface area contributed by atoms with Crippen LogP contribution in [0.1, 0.15) is 5.56 Å². The highest BCUT2D eigenvalue weighted by Crippen LogP contribution is 2.29. The summed E-state index contributed by atoms with van der Waals surface area (Å²) in [5.74, 6) is 0. The van der Waals surface area contributed by atoms with Crippen molar-refractivity contribution in [3.63, 3.8) is 0 Å². The predicted molar refractivity (Wildman–Crippen MR) is 173 cm³/mol. The van der Waals surface area contributed by atoms with Gasteiger partial charge in [0.1, 0.15) is 9.21 Å². The number of nitrogen functional groups attached to an aromatic ring is 1. The van der Waals surface area contributed by atoms with Gasteiger partial charge in [0.25, 0.3) is 0 Å². The lowest BCUT2D eigenvalue weighted by atomic mass is 10.1. The molecule has 0 unspecified atom stereocenters. The Balaban J connectivity index is 0.000000156. The van der Waals surface area contributed by atoms with Crippen LogP contribution in [-0.4, -0.2) is 23.8 Å². The number of hydrogen-bond donors (Lipinski definition) is 2. The minimum atomic E-state index is 0.678. The number of aromatic nitrogens is 5. The molecule has 41 heavy (non-hydrogen) atoms. The maximum Gasteiger partial charge on any atom is 0.161 e. The van der Waals surface area contributed by atoms with Crippen molar-refractivity contribution in [2.24, 2.45) is 0 Å². The van der Waals surface area contributed by atoms with E-state index >= 15 is 0 Å². The number of hydrogen-bond acceptors (Lipinski definition) is 5. The van der Waals surface area contributed by atoms with Crippen LogP contribution in [-0.2, 0) is 6.54 Å². The van der Waals surface area contributed by atoms with Crippen LogP contribution in [0, 0.1) is 0 Å². The van der Waals surface area contributed by atoms with E-state index in [-0.39, 0.29) is 0 Å². The Kier molecular flexibility index (Phi) is 7.80. The van der Waals surface area contributed by atoms with Crippen LogP contribution in [0.25, 0.3) is 33.5 Å². The van der Waals surface area contributed by atoms with E-state index in [2.05, 4.69) is 93.1 Å². The van der Waals surface area contributed by atoms with Gasteiger partial charge in [-0.05, 0) is 72.8 Å². The number of nitrogens with zero attached hydrogens (tertiary/aromatic N) is 5. The van der Waals surface area contributed by atoms with Crippen molar-refractivity contribution in [1.82, 2.24) is 23.8 Å². The van der Waals surface area contributed by atoms with Crippen molar-refractivity contribution >= 4 is 54.5 Å². The summed E-state index contributed by atoms with van der Waals surface area (Å²) < 4.78 is 5.83. The van der Waals surface area contributed by atoms with Gasteiger partial charge in [-0.25, -0.2) is 9.97 Å². The third-order valence-electron chi connectivity index (χ3n) is 6.60. The molecule has 0 spiro atoms. The molecule has 2 aromatic carbocycles. The maximum absolute atomic E-state index is 6.00. The fourth-order valence-electron chi connectivity index (χ4n) is 4.55. The van der Waals surface area contributed by atoms with E-state index in [1.54, 1.807) is 18.6 Å². The number of rotatable bonds is 5. The first-order chi connectivity index (χ1) is 20.1. The lowest BCUT2D eigenvalue weighted by Crippen LogP contribution is -2.02. The molecule has 0 aliphatic carbocycles. The third kappa shape index (κ3) is 5.86. The van der Waals surface area contributed by atoms with Gasteiger partial charge >= 0.3 is 0 Å². The minimum Gasteiger partial charge on any atom is -0.396 e. The highest BCUT2D eigenvalue weighted by molar-refractivity contribution is 9.10. The number of nitrogens with one attached hydrogen (secondary N) is 1. The molecule has 0 saturated heterocycles. The molecule has 7 nitrogen and oxygen atoms in total. The molecule has 0 bridgehead atoms. The molecule has 7 aromatic rings. The molecule has 5 heterocycles. The maximum atomic E-state index is 6.00. The highest BCUT2D eigenvalue weighted by Gasteiger charge is 2.10. The van der Waals surface area contributed by atoms with E-state index in [0.29, 0.717) is 5.69 Å². The van der Waals surface area contributed by atoms with Gasteiger partial charge < -0.3 is 11.1 Å².